The molecule has 0 aliphatic carbocycles. The maximum Gasteiger partial charge on any atom is 0.171 e. The van der Waals surface area contributed by atoms with Crippen molar-refractivity contribution in [1.29, 1.82) is 0 Å². The van der Waals surface area contributed by atoms with Gasteiger partial charge in [-0.15, -0.1) is 11.3 Å². The van der Waals surface area contributed by atoms with E-state index in [1.807, 2.05) is 6.92 Å². The first-order valence-corrected chi connectivity index (χ1v) is 7.07. The lowest BCUT2D eigenvalue weighted by atomic mass is 10.3. The third-order valence-corrected chi connectivity index (χ3v) is 4.14. The van der Waals surface area contributed by atoms with Gasteiger partial charge in [0.05, 0.1) is 20.1 Å². The van der Waals surface area contributed by atoms with Crippen LogP contribution in [0, 0.1) is 6.92 Å². The fraction of sp³-hybridized carbons (Fsp3) is 0.125. The molecule has 0 saturated carbocycles. The van der Waals surface area contributed by atoms with Gasteiger partial charge in [-0.25, -0.2) is 9.19 Å². The molecule has 0 saturated heterocycles. The largest absolute Gasteiger partial charge is 0.302 e. The van der Waals surface area contributed by atoms with Crippen molar-refractivity contribution in [3.05, 3.63) is 23.2 Å². The summed E-state index contributed by atoms with van der Waals surface area (Å²) in [5, 5.41) is 0.936. The van der Waals surface area contributed by atoms with Crippen LogP contribution >= 0.6 is 11.3 Å². The van der Waals surface area contributed by atoms with Crippen molar-refractivity contribution in [2.45, 2.75) is 11.8 Å². The van der Waals surface area contributed by atoms with E-state index in [1.54, 1.807) is 29.5 Å². The molecular formula is C8H7NO2S3. The average Bonchev–Trinajstić information content (AvgIpc) is 2.41. The normalized spacial score (nSPS) is 15.6. The van der Waals surface area contributed by atoms with Gasteiger partial charge in [-0.05, 0) is 25.1 Å². The molecule has 14 heavy (non-hydrogen) atoms. The Kier molecular flexibility index (Phi) is 2.30. The molecule has 1 N–H and O–H groups in total. The summed E-state index contributed by atoms with van der Waals surface area (Å²) in [5.74, 6) is 0. The van der Waals surface area contributed by atoms with Crippen LogP contribution < -0.4 is 0 Å². The molecule has 0 amide bonds. The minimum Gasteiger partial charge on any atom is -0.302 e. The third-order valence-electron chi connectivity index (χ3n) is 1.76. The van der Waals surface area contributed by atoms with Crippen molar-refractivity contribution in [3.63, 3.8) is 0 Å². The standard InChI is InChI=1S/C8H7NO2S3/c1-5-9-7-4-6(14(10,11)12)2-3-8(7)13-5/h2-4H,1H3,(H,10,11,12). The lowest BCUT2D eigenvalue weighted by Gasteiger charge is -1.97. The molecule has 2 aromatic rings. The van der Waals surface area contributed by atoms with E-state index in [4.69, 9.17) is 0 Å². The Morgan fingerprint density at radius 1 is 1.57 bits per heavy atom. The first-order valence-electron chi connectivity index (χ1n) is 3.81. The summed E-state index contributed by atoms with van der Waals surface area (Å²) in [5.41, 5.74) is 0.733. The molecule has 0 spiro atoms. The molecule has 3 nitrogen and oxygen atoms in total. The highest BCUT2D eigenvalue weighted by molar-refractivity contribution is 8.29. The van der Waals surface area contributed by atoms with Crippen LogP contribution in [0.2, 0.25) is 0 Å². The lowest BCUT2D eigenvalue weighted by molar-refractivity contribution is 0.562. The van der Waals surface area contributed by atoms with Crippen LogP contribution in [0.4, 0.5) is 0 Å². The Labute approximate surface area is 90.3 Å². The fourth-order valence-corrected chi connectivity index (χ4v) is 2.80. The summed E-state index contributed by atoms with van der Waals surface area (Å²) >= 11 is 6.03. The van der Waals surface area contributed by atoms with Gasteiger partial charge in [0.25, 0.3) is 0 Å². The SMILES string of the molecule is Cc1nc2cc(S(=O)(O)=S)ccc2s1. The van der Waals surface area contributed by atoms with Crippen molar-refractivity contribution in [2.75, 3.05) is 0 Å². The molecule has 1 heterocycles. The predicted molar refractivity (Wildman–Crippen MR) is 60.8 cm³/mol. The molecular weight excluding hydrogens is 238 g/mol. The Morgan fingerprint density at radius 2 is 2.29 bits per heavy atom. The van der Waals surface area contributed by atoms with Gasteiger partial charge < -0.3 is 4.55 Å². The number of aromatic nitrogens is 1. The van der Waals surface area contributed by atoms with Gasteiger partial charge >= 0.3 is 0 Å². The first kappa shape index (κ1) is 9.97. The molecule has 0 fully saturated rings. The number of hydrogen-bond donors (Lipinski definition) is 1. The Balaban J connectivity index is 2.74. The maximum atomic E-state index is 11.2. The second-order valence-electron chi connectivity index (χ2n) is 2.84. The second kappa shape index (κ2) is 3.23. The topological polar surface area (TPSA) is 50.2 Å². The summed E-state index contributed by atoms with van der Waals surface area (Å²) < 4.78 is 21.4. The molecule has 1 aromatic heterocycles. The zero-order valence-corrected chi connectivity index (χ0v) is 9.71. The van der Waals surface area contributed by atoms with E-state index < -0.39 is 8.77 Å². The second-order valence-corrected chi connectivity index (χ2v) is 6.85. The highest BCUT2D eigenvalue weighted by atomic mass is 32.8. The molecule has 0 radical (unpaired) electrons. The van der Waals surface area contributed by atoms with Crippen LogP contribution in [0.5, 0.6) is 0 Å². The van der Waals surface area contributed by atoms with E-state index in [2.05, 4.69) is 16.2 Å². The summed E-state index contributed by atoms with van der Waals surface area (Å²) in [4.78, 5) is 4.48. The molecule has 0 aliphatic rings. The van der Waals surface area contributed by atoms with E-state index in [0.717, 1.165) is 15.2 Å². The smallest absolute Gasteiger partial charge is 0.171 e. The number of benzene rings is 1. The molecule has 6 heteroatoms. The average molecular weight is 245 g/mol. The van der Waals surface area contributed by atoms with Crippen LogP contribution in [0.1, 0.15) is 5.01 Å². The quantitative estimate of drug-likeness (QED) is 0.836. The number of nitrogens with zero attached hydrogens (tertiary/aromatic N) is 1. The summed E-state index contributed by atoms with van der Waals surface area (Å²) in [6.45, 7) is 1.90. The van der Waals surface area contributed by atoms with Crippen LogP contribution in [0.15, 0.2) is 23.1 Å². The molecule has 74 valence electrons. The Hall–Kier alpha value is -0.560. The monoisotopic (exact) mass is 245 g/mol. The van der Waals surface area contributed by atoms with Crippen molar-refractivity contribution in [3.8, 4) is 0 Å². The van der Waals surface area contributed by atoms with Crippen LogP contribution in [0.25, 0.3) is 10.2 Å². The van der Waals surface area contributed by atoms with Gasteiger partial charge in [0.1, 0.15) is 0 Å². The summed E-state index contributed by atoms with van der Waals surface area (Å²) in [6.07, 6.45) is 0. The van der Waals surface area contributed by atoms with E-state index in [-0.39, 0.29) is 4.90 Å². The molecule has 2 rings (SSSR count). The molecule has 0 aliphatic heterocycles. The molecule has 1 aromatic carbocycles. The first-order chi connectivity index (χ1) is 6.47. The zero-order valence-electron chi connectivity index (χ0n) is 7.26. The fourth-order valence-electron chi connectivity index (χ4n) is 1.18. The van der Waals surface area contributed by atoms with E-state index >= 15 is 0 Å². The summed E-state index contributed by atoms with van der Waals surface area (Å²) in [7, 11) is -3.29. The predicted octanol–water partition coefficient (Wildman–Crippen LogP) is 2.18. The Morgan fingerprint density at radius 3 is 2.93 bits per heavy atom. The highest BCUT2D eigenvalue weighted by Gasteiger charge is 2.08. The number of hydrogen-bond acceptors (Lipinski definition) is 4. The van der Waals surface area contributed by atoms with E-state index in [0.29, 0.717) is 0 Å². The van der Waals surface area contributed by atoms with Gasteiger partial charge in [0.15, 0.2) is 8.77 Å². The van der Waals surface area contributed by atoms with Crippen molar-refractivity contribution in [2.24, 2.45) is 0 Å². The van der Waals surface area contributed by atoms with Crippen molar-refractivity contribution in [1.82, 2.24) is 4.98 Å². The zero-order chi connectivity index (χ0) is 10.3. The van der Waals surface area contributed by atoms with Gasteiger partial charge in [-0.1, -0.05) is 0 Å². The maximum absolute atomic E-state index is 11.2. The van der Waals surface area contributed by atoms with Gasteiger partial charge in [-0.3, -0.25) is 0 Å². The van der Waals surface area contributed by atoms with Gasteiger partial charge in [0.2, 0.25) is 0 Å². The lowest BCUT2D eigenvalue weighted by Crippen LogP contribution is -1.95. The summed E-state index contributed by atoms with van der Waals surface area (Å²) in [6, 6.07) is 4.93. The molecule has 1 atom stereocenters. The molecule has 1 unspecified atom stereocenters. The number of rotatable bonds is 1. The van der Waals surface area contributed by atoms with Crippen molar-refractivity contribution >= 4 is 41.5 Å². The van der Waals surface area contributed by atoms with E-state index in [9.17, 15) is 8.76 Å². The van der Waals surface area contributed by atoms with Crippen molar-refractivity contribution < 1.29 is 8.76 Å². The van der Waals surface area contributed by atoms with E-state index in [1.165, 1.54) is 0 Å². The third kappa shape index (κ3) is 1.78. The molecule has 0 bridgehead atoms. The number of aryl methyl sites for hydroxylation is 1. The van der Waals surface area contributed by atoms with Crippen LogP contribution in [0.3, 0.4) is 0 Å². The number of thiazole rings is 1. The van der Waals surface area contributed by atoms with Crippen LogP contribution in [-0.4, -0.2) is 13.7 Å². The van der Waals surface area contributed by atoms with Gasteiger partial charge in [-0.2, -0.15) is 0 Å². The van der Waals surface area contributed by atoms with Gasteiger partial charge in [0, 0.05) is 11.2 Å². The minimum atomic E-state index is -3.29. The Bertz CT molecular complexity index is 586. The van der Waals surface area contributed by atoms with Crippen LogP contribution in [-0.2, 0) is 20.0 Å². The minimum absolute atomic E-state index is 0.255. The number of fused-ring (bicyclic) bond motifs is 1. The highest BCUT2D eigenvalue weighted by Crippen LogP contribution is 2.24.